The van der Waals surface area contributed by atoms with Gasteiger partial charge in [0.2, 0.25) is 5.91 Å². The van der Waals surface area contributed by atoms with E-state index in [1.54, 1.807) is 23.1 Å². The highest BCUT2D eigenvalue weighted by Gasteiger charge is 2.34. The molecule has 0 aliphatic carbocycles. The van der Waals surface area contributed by atoms with E-state index >= 15 is 0 Å². The SMILES string of the molecule is CC(=O)N1CC(C)(C)Oc2ccc(S(=O)(=O)Nc3ccc(N4CCCCC4)cc3)cc21. The van der Waals surface area contributed by atoms with E-state index < -0.39 is 15.6 Å². The second kappa shape index (κ2) is 8.07. The zero-order chi connectivity index (χ0) is 22.2. The molecule has 0 atom stereocenters. The number of ether oxygens (including phenoxy) is 1. The lowest BCUT2D eigenvalue weighted by Gasteiger charge is -2.39. The largest absolute Gasteiger partial charge is 0.484 e. The number of sulfonamides is 1. The van der Waals surface area contributed by atoms with Crippen LogP contribution in [0.25, 0.3) is 0 Å². The molecule has 0 radical (unpaired) electrons. The van der Waals surface area contributed by atoms with Crippen LogP contribution in [0.1, 0.15) is 40.0 Å². The average Bonchev–Trinajstić information content (AvgIpc) is 2.73. The predicted octanol–water partition coefficient (Wildman–Crippen LogP) is 4.00. The number of nitrogens with one attached hydrogen (secondary N) is 1. The summed E-state index contributed by atoms with van der Waals surface area (Å²) < 4.78 is 34.6. The Morgan fingerprint density at radius 3 is 2.35 bits per heavy atom. The van der Waals surface area contributed by atoms with Gasteiger partial charge in [0.05, 0.1) is 17.1 Å². The summed E-state index contributed by atoms with van der Waals surface area (Å²) in [5, 5.41) is 0. The van der Waals surface area contributed by atoms with Crippen molar-refractivity contribution in [3.05, 3.63) is 42.5 Å². The average molecular weight is 444 g/mol. The summed E-state index contributed by atoms with van der Waals surface area (Å²) in [4.78, 5) is 16.1. The summed E-state index contributed by atoms with van der Waals surface area (Å²) in [6.07, 6.45) is 3.63. The molecule has 0 bridgehead atoms. The van der Waals surface area contributed by atoms with Gasteiger partial charge in [0.1, 0.15) is 11.4 Å². The molecule has 8 heteroatoms. The van der Waals surface area contributed by atoms with Crippen LogP contribution in [0, 0.1) is 0 Å². The van der Waals surface area contributed by atoms with Crippen molar-refractivity contribution in [2.45, 2.75) is 50.5 Å². The first-order chi connectivity index (χ1) is 14.6. The summed E-state index contributed by atoms with van der Waals surface area (Å²) >= 11 is 0. The number of hydrogen-bond acceptors (Lipinski definition) is 5. The normalized spacial score (nSPS) is 18.2. The van der Waals surface area contributed by atoms with Crippen molar-refractivity contribution in [3.8, 4) is 5.75 Å². The molecule has 1 saturated heterocycles. The number of carbonyl (C=O) groups excluding carboxylic acids is 1. The molecule has 1 fully saturated rings. The summed E-state index contributed by atoms with van der Waals surface area (Å²) in [6, 6.07) is 12.1. The molecule has 2 aliphatic rings. The Balaban J connectivity index is 1.56. The monoisotopic (exact) mass is 443 g/mol. The first-order valence-electron chi connectivity index (χ1n) is 10.6. The maximum absolute atomic E-state index is 13.0. The lowest BCUT2D eigenvalue weighted by Crippen LogP contribution is -2.48. The number of hydrogen-bond donors (Lipinski definition) is 1. The van der Waals surface area contributed by atoms with E-state index in [-0.39, 0.29) is 10.8 Å². The lowest BCUT2D eigenvalue weighted by molar-refractivity contribution is -0.117. The highest BCUT2D eigenvalue weighted by atomic mass is 32.2. The Hall–Kier alpha value is -2.74. The van der Waals surface area contributed by atoms with Gasteiger partial charge in [-0.15, -0.1) is 0 Å². The molecule has 0 aromatic heterocycles. The summed E-state index contributed by atoms with van der Waals surface area (Å²) in [6.45, 7) is 7.67. The summed E-state index contributed by atoms with van der Waals surface area (Å²) in [7, 11) is -3.82. The molecule has 7 nitrogen and oxygen atoms in total. The third kappa shape index (κ3) is 4.63. The van der Waals surface area contributed by atoms with E-state index in [0.29, 0.717) is 23.7 Å². The maximum atomic E-state index is 13.0. The van der Waals surface area contributed by atoms with Crippen LogP contribution in [-0.2, 0) is 14.8 Å². The third-order valence-electron chi connectivity index (χ3n) is 5.68. The molecule has 31 heavy (non-hydrogen) atoms. The molecule has 2 aromatic carbocycles. The molecule has 1 N–H and O–H groups in total. The van der Waals surface area contributed by atoms with Gasteiger partial charge in [-0.3, -0.25) is 9.52 Å². The van der Waals surface area contributed by atoms with Crippen LogP contribution in [0.4, 0.5) is 17.1 Å². The quantitative estimate of drug-likeness (QED) is 0.773. The summed E-state index contributed by atoms with van der Waals surface area (Å²) in [5.74, 6) is 0.338. The van der Waals surface area contributed by atoms with Crippen LogP contribution in [0.2, 0.25) is 0 Å². The van der Waals surface area contributed by atoms with Crippen molar-refractivity contribution in [1.29, 1.82) is 0 Å². The van der Waals surface area contributed by atoms with Crippen molar-refractivity contribution in [1.82, 2.24) is 0 Å². The second-order valence-electron chi connectivity index (χ2n) is 8.80. The topological polar surface area (TPSA) is 78.9 Å². The van der Waals surface area contributed by atoms with E-state index in [9.17, 15) is 13.2 Å². The number of fused-ring (bicyclic) bond motifs is 1. The van der Waals surface area contributed by atoms with Gasteiger partial charge in [-0.2, -0.15) is 0 Å². The van der Waals surface area contributed by atoms with E-state index in [0.717, 1.165) is 18.8 Å². The van der Waals surface area contributed by atoms with Gasteiger partial charge in [-0.25, -0.2) is 8.42 Å². The highest BCUT2D eigenvalue weighted by molar-refractivity contribution is 7.92. The fourth-order valence-corrected chi connectivity index (χ4v) is 5.22. The van der Waals surface area contributed by atoms with Crippen molar-refractivity contribution < 1.29 is 17.9 Å². The van der Waals surface area contributed by atoms with Crippen LogP contribution in [0.5, 0.6) is 5.75 Å². The number of amides is 1. The van der Waals surface area contributed by atoms with Crippen LogP contribution >= 0.6 is 0 Å². The minimum Gasteiger partial charge on any atom is -0.484 e. The molecule has 2 aromatic rings. The Bertz CT molecular complexity index is 1070. The Kier molecular flexibility index (Phi) is 5.60. The van der Waals surface area contributed by atoms with Crippen molar-refractivity contribution in [2.75, 3.05) is 34.2 Å². The zero-order valence-corrected chi connectivity index (χ0v) is 19.0. The zero-order valence-electron chi connectivity index (χ0n) is 18.2. The van der Waals surface area contributed by atoms with E-state index in [2.05, 4.69) is 9.62 Å². The second-order valence-corrected chi connectivity index (χ2v) is 10.5. The third-order valence-corrected chi connectivity index (χ3v) is 7.06. The minimum atomic E-state index is -3.82. The van der Waals surface area contributed by atoms with Crippen molar-refractivity contribution in [3.63, 3.8) is 0 Å². The number of carbonyl (C=O) groups is 1. The minimum absolute atomic E-state index is 0.0842. The van der Waals surface area contributed by atoms with Gasteiger partial charge in [0.15, 0.2) is 0 Å². The number of nitrogens with zero attached hydrogens (tertiary/aromatic N) is 2. The molecular formula is C23H29N3O4S. The van der Waals surface area contributed by atoms with E-state index in [4.69, 9.17) is 4.74 Å². The molecule has 0 spiro atoms. The van der Waals surface area contributed by atoms with Crippen LogP contribution in [0.3, 0.4) is 0 Å². The molecule has 4 rings (SSSR count). The number of benzene rings is 2. The Labute approximate surface area is 184 Å². The van der Waals surface area contributed by atoms with Crippen LogP contribution in [0.15, 0.2) is 47.4 Å². The van der Waals surface area contributed by atoms with E-state index in [1.165, 1.54) is 38.3 Å². The highest BCUT2D eigenvalue weighted by Crippen LogP contribution is 2.38. The fraction of sp³-hybridized carbons (Fsp3) is 0.435. The molecule has 2 heterocycles. The van der Waals surface area contributed by atoms with Gasteiger partial charge in [0.25, 0.3) is 10.0 Å². The number of rotatable bonds is 4. The smallest absolute Gasteiger partial charge is 0.261 e. The Morgan fingerprint density at radius 2 is 1.71 bits per heavy atom. The molecule has 0 unspecified atom stereocenters. The summed E-state index contributed by atoms with van der Waals surface area (Å²) in [5.41, 5.74) is 1.52. The lowest BCUT2D eigenvalue weighted by atomic mass is 10.1. The van der Waals surface area contributed by atoms with Gasteiger partial charge < -0.3 is 14.5 Å². The fourth-order valence-electron chi connectivity index (χ4n) is 4.14. The molecule has 0 saturated carbocycles. The molecule has 2 aliphatic heterocycles. The maximum Gasteiger partial charge on any atom is 0.261 e. The van der Waals surface area contributed by atoms with Crippen LogP contribution in [-0.4, -0.2) is 39.6 Å². The first kappa shape index (κ1) is 21.5. The van der Waals surface area contributed by atoms with Crippen LogP contribution < -0.4 is 19.3 Å². The van der Waals surface area contributed by atoms with E-state index in [1.807, 2.05) is 26.0 Å². The van der Waals surface area contributed by atoms with Gasteiger partial charge in [0, 0.05) is 31.4 Å². The molecular weight excluding hydrogens is 414 g/mol. The number of anilines is 3. The van der Waals surface area contributed by atoms with Gasteiger partial charge in [-0.05, 0) is 75.6 Å². The first-order valence-corrected chi connectivity index (χ1v) is 12.1. The van der Waals surface area contributed by atoms with Crippen molar-refractivity contribution >= 4 is 33.0 Å². The van der Waals surface area contributed by atoms with Gasteiger partial charge >= 0.3 is 0 Å². The van der Waals surface area contributed by atoms with Gasteiger partial charge in [-0.1, -0.05) is 0 Å². The number of piperidine rings is 1. The van der Waals surface area contributed by atoms with Crippen molar-refractivity contribution in [2.24, 2.45) is 0 Å². The standard InChI is InChI=1S/C23H29N3O4S/c1-17(27)26-16-23(2,3)30-22-12-11-20(15-21(22)26)31(28,29)24-18-7-9-19(10-8-18)25-13-5-4-6-14-25/h7-12,15,24H,4-6,13-14,16H2,1-3H3. The molecule has 1 amide bonds. The Morgan fingerprint density at radius 1 is 1.03 bits per heavy atom. The molecule has 166 valence electrons. The predicted molar refractivity (Wildman–Crippen MR) is 122 cm³/mol.